The van der Waals surface area contributed by atoms with Crippen LogP contribution in [0.1, 0.15) is 92.4 Å². The second kappa shape index (κ2) is 6.99. The Kier molecular flexibility index (Phi) is 4.97. The quantitative estimate of drug-likeness (QED) is 0.450. The summed E-state index contributed by atoms with van der Waals surface area (Å²) in [6, 6.07) is 0. The molecule has 0 heterocycles. The third kappa shape index (κ3) is 2.68. The van der Waals surface area contributed by atoms with E-state index < -0.39 is 23.4 Å². The van der Waals surface area contributed by atoms with Crippen molar-refractivity contribution in [2.75, 3.05) is 0 Å². The molecule has 0 spiro atoms. The van der Waals surface area contributed by atoms with Crippen LogP contribution in [0.2, 0.25) is 0 Å². The molecule has 4 fully saturated rings. The third-order valence-electron chi connectivity index (χ3n) is 12.4. The second-order valence-corrected chi connectivity index (χ2v) is 13.5. The van der Waals surface area contributed by atoms with E-state index in [1.54, 1.807) is 6.08 Å². The van der Waals surface area contributed by atoms with E-state index in [0.717, 1.165) is 30.6 Å². The van der Waals surface area contributed by atoms with Crippen molar-refractivity contribution in [2.24, 2.45) is 57.2 Å². The summed E-state index contributed by atoms with van der Waals surface area (Å²) in [6.07, 6.45) is 11.1. The van der Waals surface area contributed by atoms with Gasteiger partial charge in [0.15, 0.2) is 0 Å². The number of rotatable bonds is 1. The van der Waals surface area contributed by atoms with E-state index in [4.69, 9.17) is 0 Å². The van der Waals surface area contributed by atoms with Crippen molar-refractivity contribution < 1.29 is 20.1 Å². The molecule has 4 nitrogen and oxygen atoms in total. The summed E-state index contributed by atoms with van der Waals surface area (Å²) in [6.45, 7) is 11.7. The van der Waals surface area contributed by atoms with Crippen LogP contribution in [0, 0.1) is 57.2 Å². The van der Waals surface area contributed by atoms with Gasteiger partial charge in [-0.15, -0.1) is 0 Å². The molecule has 0 aliphatic heterocycles. The number of aliphatic carboxylic acids is 1. The molecule has 180 valence electrons. The highest BCUT2D eigenvalue weighted by molar-refractivity contribution is 5.77. The van der Waals surface area contributed by atoms with E-state index in [1.807, 2.05) is 6.92 Å². The first-order chi connectivity index (χ1) is 14.9. The molecule has 4 heteroatoms. The Morgan fingerprint density at radius 2 is 1.66 bits per heavy atom. The molecule has 11 unspecified atom stereocenters. The molecule has 11 atom stereocenters. The lowest BCUT2D eigenvalue weighted by atomic mass is 9.34. The fourth-order valence-electron chi connectivity index (χ4n) is 10.4. The maximum atomic E-state index is 12.8. The first-order valence-electron chi connectivity index (χ1n) is 13.2. The van der Waals surface area contributed by atoms with Gasteiger partial charge in [-0.3, -0.25) is 4.79 Å². The lowest BCUT2D eigenvalue weighted by molar-refractivity contribution is -0.219. The van der Waals surface area contributed by atoms with Gasteiger partial charge in [0, 0.05) is 11.8 Å². The zero-order chi connectivity index (χ0) is 23.3. The maximum Gasteiger partial charge on any atom is 0.310 e. The molecule has 0 aromatic rings. The number of hydrogen-bond donors (Lipinski definition) is 3. The Hall–Kier alpha value is -1.03. The average Bonchev–Trinajstić information content (AvgIpc) is 2.73. The summed E-state index contributed by atoms with van der Waals surface area (Å²) < 4.78 is 0. The molecule has 32 heavy (non-hydrogen) atoms. The zero-order valence-electron chi connectivity index (χ0n) is 20.7. The van der Waals surface area contributed by atoms with Gasteiger partial charge in [-0.1, -0.05) is 41.0 Å². The van der Waals surface area contributed by atoms with Gasteiger partial charge in [-0.05, 0) is 97.4 Å². The average molecular weight is 445 g/mol. The van der Waals surface area contributed by atoms with E-state index in [2.05, 4.69) is 27.7 Å². The number of carbonyl (C=O) groups is 1. The number of carboxylic acid groups (broad SMARTS) is 1. The van der Waals surface area contributed by atoms with Crippen LogP contribution < -0.4 is 0 Å². The van der Waals surface area contributed by atoms with Crippen LogP contribution in [0.25, 0.3) is 0 Å². The zero-order valence-corrected chi connectivity index (χ0v) is 20.7. The lowest BCUT2D eigenvalue weighted by Crippen LogP contribution is -2.66. The number of carboxylic acids is 1. The van der Waals surface area contributed by atoms with E-state index in [9.17, 15) is 20.1 Å². The van der Waals surface area contributed by atoms with Gasteiger partial charge in [0.2, 0.25) is 0 Å². The van der Waals surface area contributed by atoms with Crippen molar-refractivity contribution >= 4 is 5.97 Å². The Bertz CT molecular complexity index is 835. The molecular formula is C28H44O4. The highest BCUT2D eigenvalue weighted by atomic mass is 16.4. The van der Waals surface area contributed by atoms with Crippen LogP contribution in [0.5, 0.6) is 0 Å². The van der Waals surface area contributed by atoms with Crippen molar-refractivity contribution in [3.63, 3.8) is 0 Å². The summed E-state index contributed by atoms with van der Waals surface area (Å²) in [5, 5.41) is 31.7. The predicted octanol–water partition coefficient (Wildman–Crippen LogP) is 6.20. The summed E-state index contributed by atoms with van der Waals surface area (Å²) in [5.41, 5.74) is -0.422. The van der Waals surface area contributed by atoms with Crippen molar-refractivity contribution in [3.05, 3.63) is 11.8 Å². The lowest BCUT2D eigenvalue weighted by Gasteiger charge is -2.70. The van der Waals surface area contributed by atoms with Crippen molar-refractivity contribution in [3.8, 4) is 0 Å². The molecule has 3 N–H and O–H groups in total. The van der Waals surface area contributed by atoms with Crippen LogP contribution in [0.4, 0.5) is 0 Å². The first-order valence-corrected chi connectivity index (χ1v) is 13.2. The van der Waals surface area contributed by atoms with E-state index in [0.29, 0.717) is 17.8 Å². The van der Waals surface area contributed by atoms with Crippen molar-refractivity contribution in [1.82, 2.24) is 0 Å². The Morgan fingerprint density at radius 1 is 0.938 bits per heavy atom. The Morgan fingerprint density at radius 3 is 2.34 bits per heavy atom. The second-order valence-electron chi connectivity index (χ2n) is 13.5. The molecule has 5 aliphatic rings. The molecule has 0 aromatic heterocycles. The number of hydrogen-bond acceptors (Lipinski definition) is 3. The van der Waals surface area contributed by atoms with Crippen LogP contribution >= 0.6 is 0 Å². The minimum atomic E-state index is -1.08. The molecular weight excluding hydrogens is 400 g/mol. The molecule has 4 saturated carbocycles. The number of aliphatic hydroxyl groups excluding tert-OH is 2. The van der Waals surface area contributed by atoms with Gasteiger partial charge in [-0.2, -0.15) is 0 Å². The van der Waals surface area contributed by atoms with Gasteiger partial charge >= 0.3 is 5.97 Å². The van der Waals surface area contributed by atoms with Gasteiger partial charge < -0.3 is 15.3 Å². The van der Waals surface area contributed by atoms with Crippen LogP contribution in [-0.4, -0.2) is 27.4 Å². The molecule has 0 saturated heterocycles. The fraction of sp³-hybridized carbons (Fsp3) is 0.893. The Balaban J connectivity index is 1.57. The van der Waals surface area contributed by atoms with Gasteiger partial charge in [0.25, 0.3) is 0 Å². The van der Waals surface area contributed by atoms with Crippen LogP contribution in [-0.2, 0) is 4.79 Å². The van der Waals surface area contributed by atoms with E-state index >= 15 is 0 Å². The predicted molar refractivity (Wildman–Crippen MR) is 125 cm³/mol. The fourth-order valence-corrected chi connectivity index (χ4v) is 10.4. The Labute approximate surface area is 193 Å². The summed E-state index contributed by atoms with van der Waals surface area (Å²) >= 11 is 0. The van der Waals surface area contributed by atoms with Crippen molar-refractivity contribution in [2.45, 2.75) is 98.5 Å². The monoisotopic (exact) mass is 444 g/mol. The smallest absolute Gasteiger partial charge is 0.310 e. The minimum Gasteiger partial charge on any atom is -0.510 e. The van der Waals surface area contributed by atoms with Crippen molar-refractivity contribution in [1.29, 1.82) is 0 Å². The highest BCUT2D eigenvalue weighted by Crippen LogP contribution is 2.74. The third-order valence-corrected chi connectivity index (χ3v) is 12.4. The molecule has 0 bridgehead atoms. The molecule has 0 radical (unpaired) electrons. The molecule has 0 amide bonds. The normalized spacial score (nSPS) is 57.3. The summed E-state index contributed by atoms with van der Waals surface area (Å²) in [7, 11) is 0. The number of allylic oxidation sites excluding steroid dienone is 1. The summed E-state index contributed by atoms with van der Waals surface area (Å²) in [4.78, 5) is 12.8. The summed E-state index contributed by atoms with van der Waals surface area (Å²) in [5.74, 6) is 1.30. The topological polar surface area (TPSA) is 77.8 Å². The van der Waals surface area contributed by atoms with E-state index in [1.165, 1.54) is 38.5 Å². The molecule has 5 aliphatic carbocycles. The highest BCUT2D eigenvalue weighted by Gasteiger charge is 2.69. The van der Waals surface area contributed by atoms with Crippen LogP contribution in [0.15, 0.2) is 11.8 Å². The number of aliphatic hydroxyl groups is 2. The minimum absolute atomic E-state index is 0.00847. The van der Waals surface area contributed by atoms with Gasteiger partial charge in [-0.25, -0.2) is 0 Å². The standard InChI is InChI=1S/C28H44O4/c1-16-6-9-25(3)12-13-26(4)18(19(25)14-16)7-10-27(5)21(26)8-11-28(24(31)32)17(2)23(30)20(29)15-22(27)28/h15-19,21-23,29-30H,6-14H2,1-5H3,(H,31,32). The molecule has 5 rings (SSSR count). The van der Waals surface area contributed by atoms with Gasteiger partial charge in [0.1, 0.15) is 11.9 Å². The molecule has 0 aromatic carbocycles. The largest absolute Gasteiger partial charge is 0.510 e. The number of fused-ring (bicyclic) bond motifs is 7. The van der Waals surface area contributed by atoms with E-state index in [-0.39, 0.29) is 22.5 Å². The van der Waals surface area contributed by atoms with Crippen LogP contribution in [0.3, 0.4) is 0 Å². The maximum absolute atomic E-state index is 12.8. The SMILES string of the molecule is CC1CCC2(C)CCC3(C)C(CCC4(C)C3CCC3(C(=O)O)C(C)C(O)C(O)=CC43)C2C1. The van der Waals surface area contributed by atoms with Gasteiger partial charge in [0.05, 0.1) is 5.41 Å². The first kappa shape index (κ1) is 22.7.